The van der Waals surface area contributed by atoms with Crippen LogP contribution >= 0.6 is 11.8 Å². The van der Waals surface area contributed by atoms with Crippen molar-refractivity contribution in [2.24, 2.45) is 0 Å². The summed E-state index contributed by atoms with van der Waals surface area (Å²) in [6, 6.07) is 11.1. The summed E-state index contributed by atoms with van der Waals surface area (Å²) < 4.78 is 22.9. The lowest BCUT2D eigenvalue weighted by Gasteiger charge is -2.07. The number of fused-ring (bicyclic) bond motifs is 1. The first kappa shape index (κ1) is 14.2. The lowest BCUT2D eigenvalue weighted by Crippen LogP contribution is -2.10. The van der Waals surface area contributed by atoms with E-state index in [-0.39, 0.29) is 17.3 Å². The van der Waals surface area contributed by atoms with E-state index in [9.17, 15) is 13.5 Å². The Hall–Kier alpha value is -1.20. The molecule has 0 heterocycles. The summed E-state index contributed by atoms with van der Waals surface area (Å²) in [6.07, 6.45) is 0. The van der Waals surface area contributed by atoms with Gasteiger partial charge in [-0.05, 0) is 17.5 Å². The van der Waals surface area contributed by atoms with Crippen LogP contribution < -0.4 is 0 Å². The fraction of sp³-hybridized carbons (Fsp3) is 0.286. The van der Waals surface area contributed by atoms with Gasteiger partial charge in [0.15, 0.2) is 9.84 Å². The van der Waals surface area contributed by atoms with Crippen molar-refractivity contribution in [1.82, 2.24) is 0 Å². The van der Waals surface area contributed by atoms with Crippen molar-refractivity contribution in [3.8, 4) is 5.75 Å². The van der Waals surface area contributed by atoms with Crippen LogP contribution in [0.25, 0.3) is 10.8 Å². The lowest BCUT2D eigenvalue weighted by atomic mass is 10.1. The van der Waals surface area contributed by atoms with E-state index < -0.39 is 9.84 Å². The number of aromatic hydroxyl groups is 1. The summed E-state index contributed by atoms with van der Waals surface area (Å²) >= 11 is 1.51. The average molecular weight is 296 g/mol. The molecule has 2 aromatic carbocycles. The van der Waals surface area contributed by atoms with Gasteiger partial charge in [-0.2, -0.15) is 0 Å². The smallest absolute Gasteiger partial charge is 0.150 e. The van der Waals surface area contributed by atoms with Gasteiger partial charge in [0.05, 0.1) is 5.75 Å². The molecule has 0 aliphatic heterocycles. The number of benzene rings is 2. The van der Waals surface area contributed by atoms with Gasteiger partial charge in [-0.25, -0.2) is 8.42 Å². The monoisotopic (exact) mass is 296 g/mol. The Kier molecular flexibility index (Phi) is 4.37. The molecular weight excluding hydrogens is 280 g/mol. The Morgan fingerprint density at radius 3 is 2.47 bits per heavy atom. The SMILES string of the molecule is CCS(=O)(=O)CCSc1ccc(O)c2ccccc12. The average Bonchev–Trinajstić information content (AvgIpc) is 2.42. The highest BCUT2D eigenvalue weighted by molar-refractivity contribution is 8.00. The fourth-order valence-corrected chi connectivity index (χ4v) is 4.16. The molecule has 0 unspecified atom stereocenters. The molecule has 0 amide bonds. The van der Waals surface area contributed by atoms with Gasteiger partial charge in [0.25, 0.3) is 0 Å². The number of phenolic OH excluding ortho intramolecular Hbond substituents is 1. The van der Waals surface area contributed by atoms with Crippen molar-refractivity contribution in [3.63, 3.8) is 0 Å². The highest BCUT2D eigenvalue weighted by Crippen LogP contribution is 2.33. The second-order valence-electron chi connectivity index (χ2n) is 4.21. The lowest BCUT2D eigenvalue weighted by molar-refractivity contribution is 0.481. The fourth-order valence-electron chi connectivity index (χ4n) is 1.80. The van der Waals surface area contributed by atoms with Crippen LogP contribution in [0.3, 0.4) is 0 Å². The van der Waals surface area contributed by atoms with Gasteiger partial charge >= 0.3 is 0 Å². The number of hydrogen-bond donors (Lipinski definition) is 1. The molecule has 2 aromatic rings. The maximum Gasteiger partial charge on any atom is 0.150 e. The number of sulfone groups is 1. The second kappa shape index (κ2) is 5.84. The van der Waals surface area contributed by atoms with E-state index in [1.165, 1.54) is 11.8 Å². The number of hydrogen-bond acceptors (Lipinski definition) is 4. The zero-order valence-electron chi connectivity index (χ0n) is 10.7. The van der Waals surface area contributed by atoms with Crippen LogP contribution in [-0.4, -0.2) is 30.8 Å². The third kappa shape index (κ3) is 3.42. The molecule has 19 heavy (non-hydrogen) atoms. The Morgan fingerprint density at radius 1 is 1.11 bits per heavy atom. The Bertz CT molecular complexity index is 678. The molecule has 0 saturated heterocycles. The van der Waals surface area contributed by atoms with E-state index in [0.717, 1.165) is 15.7 Å². The van der Waals surface area contributed by atoms with Crippen molar-refractivity contribution in [1.29, 1.82) is 0 Å². The quantitative estimate of drug-likeness (QED) is 0.862. The normalized spacial score (nSPS) is 11.8. The number of phenols is 1. The number of thioether (sulfide) groups is 1. The minimum absolute atomic E-state index is 0.184. The van der Waals surface area contributed by atoms with E-state index in [2.05, 4.69) is 0 Å². The molecule has 5 heteroatoms. The van der Waals surface area contributed by atoms with Crippen LogP contribution in [0.1, 0.15) is 6.92 Å². The van der Waals surface area contributed by atoms with Crippen LogP contribution in [0.5, 0.6) is 5.75 Å². The molecule has 3 nitrogen and oxygen atoms in total. The Labute approximate surface area is 117 Å². The highest BCUT2D eigenvalue weighted by atomic mass is 32.2. The topological polar surface area (TPSA) is 54.4 Å². The largest absolute Gasteiger partial charge is 0.507 e. The van der Waals surface area contributed by atoms with Crippen LogP contribution in [-0.2, 0) is 9.84 Å². The van der Waals surface area contributed by atoms with E-state index in [0.29, 0.717) is 5.75 Å². The predicted octanol–water partition coefficient (Wildman–Crippen LogP) is 3.07. The van der Waals surface area contributed by atoms with Gasteiger partial charge in [0, 0.05) is 21.8 Å². The molecule has 0 aliphatic rings. The maximum atomic E-state index is 11.5. The summed E-state index contributed by atoms with van der Waals surface area (Å²) in [5.41, 5.74) is 0. The van der Waals surface area contributed by atoms with Crippen LogP contribution in [0.15, 0.2) is 41.3 Å². The van der Waals surface area contributed by atoms with E-state index in [1.807, 2.05) is 30.3 Å². The van der Waals surface area contributed by atoms with Gasteiger partial charge in [-0.3, -0.25) is 0 Å². The second-order valence-corrected chi connectivity index (χ2v) is 7.82. The summed E-state index contributed by atoms with van der Waals surface area (Å²) in [5, 5.41) is 11.5. The van der Waals surface area contributed by atoms with Gasteiger partial charge in [0.1, 0.15) is 5.75 Å². The van der Waals surface area contributed by atoms with Gasteiger partial charge in [-0.15, -0.1) is 11.8 Å². The first-order valence-electron chi connectivity index (χ1n) is 6.07. The van der Waals surface area contributed by atoms with Crippen LogP contribution in [0.4, 0.5) is 0 Å². The molecule has 0 atom stereocenters. The zero-order valence-corrected chi connectivity index (χ0v) is 12.3. The van der Waals surface area contributed by atoms with E-state index in [1.54, 1.807) is 13.0 Å². The zero-order chi connectivity index (χ0) is 13.9. The first-order chi connectivity index (χ1) is 9.03. The molecular formula is C14H16O3S2. The molecule has 2 rings (SSSR count). The summed E-state index contributed by atoms with van der Waals surface area (Å²) in [7, 11) is -2.92. The van der Waals surface area contributed by atoms with Crippen molar-refractivity contribution < 1.29 is 13.5 Å². The van der Waals surface area contributed by atoms with Gasteiger partial charge < -0.3 is 5.11 Å². The van der Waals surface area contributed by atoms with Crippen LogP contribution in [0.2, 0.25) is 0 Å². The van der Waals surface area contributed by atoms with Gasteiger partial charge in [-0.1, -0.05) is 31.2 Å². The molecule has 0 spiro atoms. The molecule has 0 aliphatic carbocycles. The van der Waals surface area contributed by atoms with E-state index in [4.69, 9.17) is 0 Å². The summed E-state index contributed by atoms with van der Waals surface area (Å²) in [4.78, 5) is 1.000. The molecule has 102 valence electrons. The molecule has 0 radical (unpaired) electrons. The van der Waals surface area contributed by atoms with Crippen molar-refractivity contribution >= 4 is 32.4 Å². The molecule has 0 fully saturated rings. The Morgan fingerprint density at radius 2 is 1.79 bits per heavy atom. The minimum Gasteiger partial charge on any atom is -0.507 e. The third-order valence-corrected chi connectivity index (χ3v) is 5.99. The summed E-state index contributed by atoms with van der Waals surface area (Å²) in [5.74, 6) is 1.15. The predicted molar refractivity (Wildman–Crippen MR) is 80.7 cm³/mol. The van der Waals surface area contributed by atoms with Crippen molar-refractivity contribution in [3.05, 3.63) is 36.4 Å². The first-order valence-corrected chi connectivity index (χ1v) is 8.88. The Balaban J connectivity index is 2.20. The third-order valence-electron chi connectivity index (χ3n) is 2.95. The summed E-state index contributed by atoms with van der Waals surface area (Å²) in [6.45, 7) is 1.66. The van der Waals surface area contributed by atoms with Crippen LogP contribution in [0, 0.1) is 0 Å². The van der Waals surface area contributed by atoms with E-state index >= 15 is 0 Å². The highest BCUT2D eigenvalue weighted by Gasteiger charge is 2.09. The molecule has 1 N–H and O–H groups in total. The van der Waals surface area contributed by atoms with Crippen molar-refractivity contribution in [2.45, 2.75) is 11.8 Å². The molecule has 0 saturated carbocycles. The molecule has 0 bridgehead atoms. The standard InChI is InChI=1S/C14H16O3S2/c1-2-19(16,17)10-9-18-14-8-7-13(15)11-5-3-4-6-12(11)14/h3-8,15H,2,9-10H2,1H3. The number of rotatable bonds is 5. The minimum atomic E-state index is -2.92. The van der Waals surface area contributed by atoms with Crippen molar-refractivity contribution in [2.75, 3.05) is 17.3 Å². The van der Waals surface area contributed by atoms with Gasteiger partial charge in [0.2, 0.25) is 0 Å². The maximum absolute atomic E-state index is 11.5. The molecule has 0 aromatic heterocycles.